The van der Waals surface area contributed by atoms with E-state index in [9.17, 15) is 4.79 Å². The summed E-state index contributed by atoms with van der Waals surface area (Å²) in [4.78, 5) is 12.9. The lowest BCUT2D eigenvalue weighted by molar-refractivity contribution is 0.0966. The molecule has 0 saturated carbocycles. The van der Waals surface area contributed by atoms with E-state index in [1.165, 1.54) is 11.3 Å². The van der Waals surface area contributed by atoms with Gasteiger partial charge >= 0.3 is 0 Å². The highest BCUT2D eigenvalue weighted by molar-refractivity contribution is 7.18. The highest BCUT2D eigenvalue weighted by Crippen LogP contribution is 2.27. The van der Waals surface area contributed by atoms with Crippen LogP contribution in [0, 0.1) is 0 Å². The Morgan fingerprint density at radius 1 is 1.24 bits per heavy atom. The van der Waals surface area contributed by atoms with E-state index >= 15 is 0 Å². The van der Waals surface area contributed by atoms with Crippen LogP contribution in [0.25, 0.3) is 0 Å². The zero-order chi connectivity index (χ0) is 12.3. The lowest BCUT2D eigenvalue weighted by atomic mass is 9.94. The maximum Gasteiger partial charge on any atom is 0.181 e. The second-order valence-corrected chi connectivity index (χ2v) is 5.38. The zero-order valence-corrected chi connectivity index (χ0v) is 10.7. The van der Waals surface area contributed by atoms with Crippen LogP contribution >= 0.6 is 22.9 Å². The van der Waals surface area contributed by atoms with Crippen LogP contribution in [0.1, 0.15) is 21.2 Å². The Morgan fingerprint density at radius 2 is 1.94 bits per heavy atom. The molecule has 0 saturated heterocycles. The Morgan fingerprint density at radius 3 is 2.47 bits per heavy atom. The highest BCUT2D eigenvalue weighted by Gasteiger charge is 2.21. The maximum atomic E-state index is 12.3. The summed E-state index contributed by atoms with van der Waals surface area (Å²) in [5, 5.41) is 0. The number of hydrogen-bond acceptors (Lipinski definition) is 3. The predicted molar refractivity (Wildman–Crippen MR) is 71.9 cm³/mol. The molecular formula is C13H12ClNOS. The molecule has 0 aliphatic heterocycles. The summed E-state index contributed by atoms with van der Waals surface area (Å²) in [5.74, 6) is -0.249. The molecule has 1 aromatic heterocycles. The molecule has 2 aromatic rings. The van der Waals surface area contributed by atoms with Gasteiger partial charge in [-0.3, -0.25) is 4.79 Å². The fraction of sp³-hybridized carbons (Fsp3) is 0.154. The van der Waals surface area contributed by atoms with Gasteiger partial charge < -0.3 is 5.73 Å². The first kappa shape index (κ1) is 12.3. The first-order chi connectivity index (χ1) is 8.22. The van der Waals surface area contributed by atoms with Crippen LogP contribution in [-0.4, -0.2) is 12.3 Å². The van der Waals surface area contributed by atoms with Crippen LogP contribution in [0.5, 0.6) is 0 Å². The molecule has 1 unspecified atom stereocenters. The van der Waals surface area contributed by atoms with E-state index in [0.29, 0.717) is 15.8 Å². The van der Waals surface area contributed by atoms with Crippen molar-refractivity contribution >= 4 is 28.7 Å². The largest absolute Gasteiger partial charge is 0.329 e. The standard InChI is InChI=1S/C13H12ClNOS/c14-12-7-6-11(17-12)13(16)10(8-15)9-4-2-1-3-5-9/h1-7,10H,8,15H2. The monoisotopic (exact) mass is 265 g/mol. The van der Waals surface area contributed by atoms with Gasteiger partial charge in [-0.2, -0.15) is 0 Å². The number of Topliss-reactive ketones (excluding diaryl/α,β-unsaturated/α-hetero) is 1. The molecule has 2 nitrogen and oxygen atoms in total. The second kappa shape index (κ2) is 5.45. The summed E-state index contributed by atoms with van der Waals surface area (Å²) in [6.07, 6.45) is 0. The molecule has 0 spiro atoms. The van der Waals surface area contributed by atoms with E-state index in [1.807, 2.05) is 30.3 Å². The quantitative estimate of drug-likeness (QED) is 0.862. The first-order valence-corrected chi connectivity index (χ1v) is 6.46. The molecule has 0 bridgehead atoms. The zero-order valence-electron chi connectivity index (χ0n) is 9.10. The number of halogens is 1. The summed E-state index contributed by atoms with van der Waals surface area (Å²) >= 11 is 7.13. The molecule has 88 valence electrons. The third-order valence-corrected chi connectivity index (χ3v) is 3.82. The number of hydrogen-bond donors (Lipinski definition) is 1. The van der Waals surface area contributed by atoms with Crippen molar-refractivity contribution in [1.29, 1.82) is 0 Å². The maximum absolute atomic E-state index is 12.3. The number of nitrogens with two attached hydrogens (primary N) is 1. The molecule has 4 heteroatoms. The van der Waals surface area contributed by atoms with Crippen molar-refractivity contribution in [3.63, 3.8) is 0 Å². The molecule has 0 aliphatic rings. The van der Waals surface area contributed by atoms with Gasteiger partial charge in [0.2, 0.25) is 0 Å². The molecule has 1 heterocycles. The Hall–Kier alpha value is -1.16. The Labute approximate surface area is 109 Å². The summed E-state index contributed by atoms with van der Waals surface area (Å²) in [7, 11) is 0. The van der Waals surface area contributed by atoms with Gasteiger partial charge in [0.1, 0.15) is 0 Å². The third-order valence-electron chi connectivity index (χ3n) is 2.57. The van der Waals surface area contributed by atoms with Gasteiger partial charge in [-0.25, -0.2) is 0 Å². The van der Waals surface area contributed by atoms with Crippen molar-refractivity contribution in [2.75, 3.05) is 6.54 Å². The van der Waals surface area contributed by atoms with Gasteiger partial charge in [-0.1, -0.05) is 41.9 Å². The van der Waals surface area contributed by atoms with E-state index in [4.69, 9.17) is 17.3 Å². The highest BCUT2D eigenvalue weighted by atomic mass is 35.5. The molecule has 17 heavy (non-hydrogen) atoms. The van der Waals surface area contributed by atoms with E-state index in [2.05, 4.69) is 0 Å². The first-order valence-electron chi connectivity index (χ1n) is 5.27. The molecule has 0 amide bonds. The van der Waals surface area contributed by atoms with Crippen LogP contribution in [0.3, 0.4) is 0 Å². The topological polar surface area (TPSA) is 43.1 Å². The van der Waals surface area contributed by atoms with Crippen LogP contribution in [-0.2, 0) is 0 Å². The number of ketones is 1. The SMILES string of the molecule is NCC(C(=O)c1ccc(Cl)s1)c1ccccc1. The lowest BCUT2D eigenvalue weighted by Gasteiger charge is -2.12. The second-order valence-electron chi connectivity index (χ2n) is 3.67. The molecule has 0 radical (unpaired) electrons. The van der Waals surface area contributed by atoms with Gasteiger partial charge in [-0.15, -0.1) is 11.3 Å². The van der Waals surface area contributed by atoms with Crippen molar-refractivity contribution in [1.82, 2.24) is 0 Å². The van der Waals surface area contributed by atoms with E-state index in [-0.39, 0.29) is 11.7 Å². The van der Waals surface area contributed by atoms with Crippen molar-refractivity contribution in [2.45, 2.75) is 5.92 Å². The van der Waals surface area contributed by atoms with E-state index in [0.717, 1.165) is 5.56 Å². The van der Waals surface area contributed by atoms with Crippen molar-refractivity contribution < 1.29 is 4.79 Å². The number of rotatable bonds is 4. The van der Waals surface area contributed by atoms with Gasteiger partial charge in [0.25, 0.3) is 0 Å². The predicted octanol–water partition coefficient (Wildman–Crippen LogP) is 3.33. The average Bonchev–Trinajstić information content (AvgIpc) is 2.78. The normalized spacial score (nSPS) is 12.4. The summed E-state index contributed by atoms with van der Waals surface area (Å²) in [6, 6.07) is 13.1. The Bertz CT molecular complexity index is 509. The minimum Gasteiger partial charge on any atom is -0.329 e. The van der Waals surface area contributed by atoms with Crippen LogP contribution in [0.15, 0.2) is 42.5 Å². The number of thiophene rings is 1. The molecule has 1 atom stereocenters. The summed E-state index contributed by atoms with van der Waals surface area (Å²) in [5.41, 5.74) is 6.65. The van der Waals surface area contributed by atoms with Crippen LogP contribution in [0.2, 0.25) is 4.34 Å². The Balaban J connectivity index is 2.28. The van der Waals surface area contributed by atoms with Crippen molar-refractivity contribution in [2.24, 2.45) is 5.73 Å². The Kier molecular flexibility index (Phi) is 3.94. The van der Waals surface area contributed by atoms with Crippen LogP contribution in [0.4, 0.5) is 0 Å². The van der Waals surface area contributed by atoms with Crippen molar-refractivity contribution in [3.05, 3.63) is 57.2 Å². The molecule has 0 fully saturated rings. The molecule has 1 aromatic carbocycles. The van der Waals surface area contributed by atoms with Gasteiger partial charge in [0.15, 0.2) is 5.78 Å². The number of carbonyl (C=O) groups is 1. The minimum atomic E-state index is -0.286. The fourth-order valence-electron chi connectivity index (χ4n) is 1.70. The van der Waals surface area contributed by atoms with Gasteiger partial charge in [0.05, 0.1) is 15.1 Å². The summed E-state index contributed by atoms with van der Waals surface area (Å²) < 4.78 is 0.622. The van der Waals surface area contributed by atoms with E-state index < -0.39 is 0 Å². The third kappa shape index (κ3) is 2.75. The minimum absolute atomic E-state index is 0.0376. The van der Waals surface area contributed by atoms with Gasteiger partial charge in [-0.05, 0) is 17.7 Å². The molecule has 0 aliphatic carbocycles. The molecule has 2 N–H and O–H groups in total. The van der Waals surface area contributed by atoms with Gasteiger partial charge in [0, 0.05) is 6.54 Å². The molecular weight excluding hydrogens is 254 g/mol. The van der Waals surface area contributed by atoms with E-state index in [1.54, 1.807) is 12.1 Å². The smallest absolute Gasteiger partial charge is 0.181 e. The molecule has 2 rings (SSSR count). The summed E-state index contributed by atoms with van der Waals surface area (Å²) in [6.45, 7) is 0.304. The average molecular weight is 266 g/mol. The lowest BCUT2D eigenvalue weighted by Crippen LogP contribution is -2.21. The van der Waals surface area contributed by atoms with Crippen molar-refractivity contribution in [3.8, 4) is 0 Å². The number of benzene rings is 1. The van der Waals surface area contributed by atoms with Crippen LogP contribution < -0.4 is 5.73 Å². The fourth-order valence-corrected chi connectivity index (χ4v) is 2.74. The number of carbonyl (C=O) groups excluding carboxylic acids is 1.